The maximum Gasteiger partial charge on any atom is 0.273 e. The fourth-order valence-electron chi connectivity index (χ4n) is 4.31. The second-order valence-electron chi connectivity index (χ2n) is 8.40. The maximum absolute atomic E-state index is 14.1. The lowest BCUT2D eigenvalue weighted by Crippen LogP contribution is -2.34. The molecule has 1 unspecified atom stereocenters. The van der Waals surface area contributed by atoms with Gasteiger partial charge in [0.25, 0.3) is 12.3 Å². The van der Waals surface area contributed by atoms with E-state index in [4.69, 9.17) is 16.2 Å². The van der Waals surface area contributed by atoms with Crippen LogP contribution in [0, 0.1) is 0 Å². The van der Waals surface area contributed by atoms with Gasteiger partial charge < -0.3 is 26.0 Å². The minimum atomic E-state index is -2.74. The first-order valence-corrected chi connectivity index (χ1v) is 12.3. The normalized spacial score (nSPS) is 16.7. The highest BCUT2D eigenvalue weighted by atomic mass is 79.9. The molecule has 1 atom stereocenters. The molecule has 9 nitrogen and oxygen atoms in total. The number of carbonyl (C=O) groups is 1. The average molecular weight is 558 g/mol. The first-order valence-electron chi connectivity index (χ1n) is 10.7. The van der Waals surface area contributed by atoms with Gasteiger partial charge in [0.15, 0.2) is 5.82 Å². The van der Waals surface area contributed by atoms with Crippen LogP contribution in [0.3, 0.4) is 0 Å². The van der Waals surface area contributed by atoms with Gasteiger partial charge in [-0.2, -0.15) is 5.10 Å². The summed E-state index contributed by atoms with van der Waals surface area (Å²) >= 11 is 4.23. The van der Waals surface area contributed by atoms with Gasteiger partial charge in [0.05, 0.1) is 10.6 Å². The Morgan fingerprint density at radius 2 is 2.21 bits per heavy atom. The van der Waals surface area contributed by atoms with Crippen LogP contribution in [0.4, 0.5) is 20.3 Å². The number of piperidine rings is 1. The number of nitrogen functional groups attached to an aromatic ring is 1. The van der Waals surface area contributed by atoms with Crippen LogP contribution >= 0.6 is 27.3 Å². The fourth-order valence-corrected chi connectivity index (χ4v) is 5.84. The summed E-state index contributed by atoms with van der Waals surface area (Å²) in [6, 6.07) is 1.90. The second kappa shape index (κ2) is 10.0. The summed E-state index contributed by atoms with van der Waals surface area (Å²) in [5.41, 5.74) is 13.5. The topological polar surface area (TPSA) is 115 Å². The number of carbonyl (C=O) groups excluding carboxylic acids is 1. The van der Waals surface area contributed by atoms with Gasteiger partial charge in [0, 0.05) is 31.1 Å². The number of thiophene rings is 1. The number of fused-ring (bicyclic) bond motifs is 1. The molecule has 0 saturated carbocycles. The van der Waals surface area contributed by atoms with Gasteiger partial charge in [-0.3, -0.25) is 4.79 Å². The highest BCUT2D eigenvalue weighted by molar-refractivity contribution is 9.10. The number of hydrogen-bond acceptors (Lipinski definition) is 8. The monoisotopic (exact) mass is 557 g/mol. The van der Waals surface area contributed by atoms with E-state index in [-0.39, 0.29) is 28.0 Å². The summed E-state index contributed by atoms with van der Waals surface area (Å²) < 4.78 is 36.5. The Balaban J connectivity index is 1.73. The fraction of sp³-hybridized carbons (Fsp3) is 0.476. The first kappa shape index (κ1) is 24.6. The Morgan fingerprint density at radius 1 is 1.44 bits per heavy atom. The van der Waals surface area contributed by atoms with Gasteiger partial charge in [-0.1, -0.05) is 0 Å². The molecule has 13 heteroatoms. The number of ether oxygens (including phenoxy) is 1. The number of hydrogen-bond donors (Lipinski definition) is 2. The van der Waals surface area contributed by atoms with Crippen molar-refractivity contribution in [3.05, 3.63) is 32.3 Å². The van der Waals surface area contributed by atoms with E-state index in [2.05, 4.69) is 30.9 Å². The molecule has 1 fully saturated rings. The molecule has 0 spiro atoms. The molecular weight excluding hydrogens is 532 g/mol. The van der Waals surface area contributed by atoms with Crippen LogP contribution in [0.2, 0.25) is 0 Å². The molecule has 34 heavy (non-hydrogen) atoms. The number of nitrogens with zero attached hydrogens (tertiary/aromatic N) is 5. The third-order valence-electron chi connectivity index (χ3n) is 5.82. The van der Waals surface area contributed by atoms with Crippen molar-refractivity contribution < 1.29 is 18.3 Å². The maximum atomic E-state index is 14.1. The van der Waals surface area contributed by atoms with Gasteiger partial charge in [0.1, 0.15) is 33.7 Å². The molecule has 0 bridgehead atoms. The predicted octanol–water partition coefficient (Wildman–Crippen LogP) is 3.50. The summed E-state index contributed by atoms with van der Waals surface area (Å²) in [6.07, 6.45) is 0.0649. The van der Waals surface area contributed by atoms with Crippen LogP contribution in [0.15, 0.2) is 17.0 Å². The molecule has 0 aromatic carbocycles. The number of halogens is 3. The summed E-state index contributed by atoms with van der Waals surface area (Å²) in [5, 5.41) is 4.24. The van der Waals surface area contributed by atoms with E-state index in [1.54, 1.807) is 4.52 Å². The molecule has 4 heterocycles. The zero-order valence-corrected chi connectivity index (χ0v) is 21.2. The number of likely N-dealkylation sites (N-methyl/N-ethyl adjacent to an activating group) is 1. The van der Waals surface area contributed by atoms with E-state index in [1.165, 1.54) is 6.33 Å². The number of primary amides is 1. The average Bonchev–Trinajstić information content (AvgIpc) is 3.33. The number of amides is 1. The second-order valence-corrected chi connectivity index (χ2v) is 10.3. The van der Waals surface area contributed by atoms with Crippen LogP contribution < -0.4 is 21.1 Å². The number of alkyl halides is 2. The highest BCUT2D eigenvalue weighted by Crippen LogP contribution is 2.47. The van der Waals surface area contributed by atoms with Gasteiger partial charge in [-0.15, -0.1) is 11.3 Å². The van der Waals surface area contributed by atoms with Crippen molar-refractivity contribution in [1.29, 1.82) is 0 Å². The molecule has 1 saturated heterocycles. The standard InChI is InChI=1S/C21H26BrF2N7O2S/c1-29(2)6-7-33-16-14(17(19(23)24)34-18(16)21(26)32)11-4-3-5-30(9-11)12-8-13(22)31-15(12)20(25)27-10-28-31/h8,10-11,19H,3-7,9H2,1-2H3,(H2,26,32)(H2,25,27,28). The summed E-state index contributed by atoms with van der Waals surface area (Å²) in [6.45, 7) is 1.98. The smallest absolute Gasteiger partial charge is 0.273 e. The molecule has 3 aromatic heterocycles. The summed E-state index contributed by atoms with van der Waals surface area (Å²) in [5.74, 6) is -0.536. The van der Waals surface area contributed by atoms with Crippen molar-refractivity contribution in [2.45, 2.75) is 25.2 Å². The SMILES string of the molecule is CN(C)CCOc1c(C(N)=O)sc(C(F)F)c1C1CCCN(c2cc(Br)n3ncnc(N)c23)C1. The molecule has 4 rings (SSSR count). The van der Waals surface area contributed by atoms with Crippen LogP contribution in [0.1, 0.15) is 45.3 Å². The van der Waals surface area contributed by atoms with Crippen molar-refractivity contribution in [2.24, 2.45) is 5.73 Å². The Hall–Kier alpha value is -2.51. The van der Waals surface area contributed by atoms with E-state index < -0.39 is 12.3 Å². The number of nitrogens with two attached hydrogens (primary N) is 2. The lowest BCUT2D eigenvalue weighted by Gasteiger charge is -2.34. The van der Waals surface area contributed by atoms with Crippen molar-refractivity contribution in [3.63, 3.8) is 0 Å². The van der Waals surface area contributed by atoms with E-state index in [1.807, 2.05) is 25.1 Å². The van der Waals surface area contributed by atoms with Gasteiger partial charge >= 0.3 is 0 Å². The quantitative estimate of drug-likeness (QED) is 0.435. The molecule has 3 aromatic rings. The van der Waals surface area contributed by atoms with E-state index in [0.29, 0.717) is 47.6 Å². The third-order valence-corrected chi connectivity index (χ3v) is 7.60. The minimum absolute atomic E-state index is 0.0379. The third kappa shape index (κ3) is 4.68. The molecule has 1 aliphatic rings. The lowest BCUT2D eigenvalue weighted by molar-refractivity contribution is 0.1000. The van der Waals surface area contributed by atoms with Gasteiger partial charge in [-0.25, -0.2) is 18.3 Å². The molecule has 184 valence electrons. The lowest BCUT2D eigenvalue weighted by atomic mass is 9.89. The number of anilines is 2. The van der Waals surface area contributed by atoms with E-state index in [0.717, 1.165) is 23.4 Å². The largest absolute Gasteiger partial charge is 0.490 e. The Morgan fingerprint density at radius 3 is 2.88 bits per heavy atom. The molecule has 4 N–H and O–H groups in total. The minimum Gasteiger partial charge on any atom is -0.490 e. The van der Waals surface area contributed by atoms with E-state index >= 15 is 0 Å². The van der Waals surface area contributed by atoms with Crippen molar-refractivity contribution in [3.8, 4) is 5.75 Å². The first-order chi connectivity index (χ1) is 16.2. The van der Waals surface area contributed by atoms with Crippen molar-refractivity contribution in [2.75, 3.05) is 51.0 Å². The van der Waals surface area contributed by atoms with Crippen LogP contribution in [-0.2, 0) is 0 Å². The van der Waals surface area contributed by atoms with Crippen LogP contribution in [0.5, 0.6) is 5.75 Å². The molecular formula is C21H26BrF2N7O2S. The van der Waals surface area contributed by atoms with Crippen LogP contribution in [-0.4, -0.2) is 65.7 Å². The molecule has 0 aliphatic carbocycles. The molecule has 0 radical (unpaired) electrons. The zero-order chi connectivity index (χ0) is 24.6. The molecule has 1 aliphatic heterocycles. The Bertz CT molecular complexity index is 1200. The zero-order valence-electron chi connectivity index (χ0n) is 18.8. The van der Waals surface area contributed by atoms with Crippen molar-refractivity contribution >= 4 is 50.2 Å². The van der Waals surface area contributed by atoms with Crippen LogP contribution in [0.25, 0.3) is 5.52 Å². The van der Waals surface area contributed by atoms with Gasteiger partial charge in [-0.05, 0) is 48.9 Å². The Kier molecular flexibility index (Phi) is 7.24. The number of aromatic nitrogens is 3. The summed E-state index contributed by atoms with van der Waals surface area (Å²) in [4.78, 5) is 20.1. The number of rotatable bonds is 8. The molecule has 1 amide bonds. The van der Waals surface area contributed by atoms with E-state index in [9.17, 15) is 13.6 Å². The highest BCUT2D eigenvalue weighted by Gasteiger charge is 2.35. The predicted molar refractivity (Wildman–Crippen MR) is 131 cm³/mol. The van der Waals surface area contributed by atoms with Gasteiger partial charge in [0.2, 0.25) is 0 Å². The van der Waals surface area contributed by atoms with Crippen molar-refractivity contribution in [1.82, 2.24) is 19.5 Å². The summed E-state index contributed by atoms with van der Waals surface area (Å²) in [7, 11) is 3.76. The Labute approximate surface area is 207 Å².